The fourth-order valence-corrected chi connectivity index (χ4v) is 2.06. The van der Waals surface area contributed by atoms with Crippen LogP contribution >= 0.6 is 0 Å². The Morgan fingerprint density at radius 1 is 1.47 bits per heavy atom. The molecule has 1 aliphatic heterocycles. The first-order valence-electron chi connectivity index (χ1n) is 5.31. The molecular weight excluding hydrogens is 188 g/mol. The maximum atomic E-state index is 11.9. The zero-order chi connectivity index (χ0) is 10.8. The predicted octanol–water partition coefficient (Wildman–Crippen LogP) is 1.31. The standard InChI is InChI=1S/C12H16N2O/c1-9-4-2-3-5-11(9)14-7-6-10(8-13)12(14)15/h2-5,10H,6-8,13H2,1H3. The van der Waals surface area contributed by atoms with Crippen LogP contribution in [0.25, 0.3) is 0 Å². The highest BCUT2D eigenvalue weighted by Gasteiger charge is 2.31. The van der Waals surface area contributed by atoms with Crippen LogP contribution < -0.4 is 10.6 Å². The zero-order valence-corrected chi connectivity index (χ0v) is 8.94. The lowest BCUT2D eigenvalue weighted by Gasteiger charge is -2.18. The van der Waals surface area contributed by atoms with E-state index in [4.69, 9.17) is 5.73 Å². The third-order valence-electron chi connectivity index (χ3n) is 3.01. The molecule has 1 heterocycles. The van der Waals surface area contributed by atoms with Gasteiger partial charge in [0.05, 0.1) is 5.92 Å². The number of aryl methyl sites for hydroxylation is 1. The van der Waals surface area contributed by atoms with E-state index in [1.165, 1.54) is 0 Å². The zero-order valence-electron chi connectivity index (χ0n) is 8.94. The molecule has 1 unspecified atom stereocenters. The van der Waals surface area contributed by atoms with Gasteiger partial charge in [0.2, 0.25) is 5.91 Å². The van der Waals surface area contributed by atoms with Crippen LogP contribution in [0.3, 0.4) is 0 Å². The van der Waals surface area contributed by atoms with Crippen molar-refractivity contribution >= 4 is 11.6 Å². The molecule has 2 N–H and O–H groups in total. The summed E-state index contributed by atoms with van der Waals surface area (Å²) in [6.45, 7) is 3.28. The topological polar surface area (TPSA) is 46.3 Å². The number of nitrogens with two attached hydrogens (primary N) is 1. The number of benzene rings is 1. The van der Waals surface area contributed by atoms with E-state index in [0.717, 1.165) is 24.2 Å². The van der Waals surface area contributed by atoms with Crippen molar-refractivity contribution in [2.45, 2.75) is 13.3 Å². The van der Waals surface area contributed by atoms with E-state index in [2.05, 4.69) is 0 Å². The van der Waals surface area contributed by atoms with Gasteiger partial charge in [-0.05, 0) is 25.0 Å². The minimum absolute atomic E-state index is 0.0182. The molecule has 15 heavy (non-hydrogen) atoms. The number of hydrogen-bond donors (Lipinski definition) is 1. The summed E-state index contributed by atoms with van der Waals surface area (Å²) in [5, 5.41) is 0. The highest BCUT2D eigenvalue weighted by Crippen LogP contribution is 2.27. The van der Waals surface area contributed by atoms with E-state index in [9.17, 15) is 4.79 Å². The van der Waals surface area contributed by atoms with Crippen LogP contribution in [0.2, 0.25) is 0 Å². The van der Waals surface area contributed by atoms with Gasteiger partial charge in [-0.15, -0.1) is 0 Å². The SMILES string of the molecule is Cc1ccccc1N1CCC(CN)C1=O. The Labute approximate surface area is 89.9 Å². The van der Waals surface area contributed by atoms with E-state index in [-0.39, 0.29) is 11.8 Å². The summed E-state index contributed by atoms with van der Waals surface area (Å²) >= 11 is 0. The number of carbonyl (C=O) groups excluding carboxylic acids is 1. The lowest BCUT2D eigenvalue weighted by molar-refractivity contribution is -0.120. The lowest BCUT2D eigenvalue weighted by atomic mass is 10.1. The van der Waals surface area contributed by atoms with E-state index in [1.807, 2.05) is 36.1 Å². The molecule has 3 nitrogen and oxygen atoms in total. The number of anilines is 1. The average Bonchev–Trinajstić information content (AvgIpc) is 2.60. The Morgan fingerprint density at radius 3 is 2.80 bits per heavy atom. The third kappa shape index (κ3) is 1.75. The van der Waals surface area contributed by atoms with Crippen LogP contribution in [0.15, 0.2) is 24.3 Å². The van der Waals surface area contributed by atoms with Gasteiger partial charge in [-0.2, -0.15) is 0 Å². The van der Waals surface area contributed by atoms with E-state index in [1.54, 1.807) is 0 Å². The second-order valence-electron chi connectivity index (χ2n) is 4.00. The number of carbonyl (C=O) groups is 1. The van der Waals surface area contributed by atoms with Crippen LogP contribution in [0.4, 0.5) is 5.69 Å². The van der Waals surface area contributed by atoms with Crippen molar-refractivity contribution in [3.8, 4) is 0 Å². The van der Waals surface area contributed by atoms with Crippen LogP contribution in [0, 0.1) is 12.8 Å². The van der Waals surface area contributed by atoms with Crippen LogP contribution in [-0.4, -0.2) is 19.0 Å². The molecule has 0 aromatic heterocycles. The Morgan fingerprint density at radius 2 is 2.20 bits per heavy atom. The number of para-hydroxylation sites is 1. The van der Waals surface area contributed by atoms with Gasteiger partial charge in [-0.25, -0.2) is 0 Å². The van der Waals surface area contributed by atoms with Gasteiger partial charge in [0, 0.05) is 18.8 Å². The van der Waals surface area contributed by atoms with Gasteiger partial charge < -0.3 is 10.6 Å². The number of amides is 1. The molecule has 1 amide bonds. The van der Waals surface area contributed by atoms with Gasteiger partial charge in [-0.3, -0.25) is 4.79 Å². The maximum Gasteiger partial charge on any atom is 0.231 e. The summed E-state index contributed by atoms with van der Waals surface area (Å²) in [6, 6.07) is 7.97. The Kier molecular flexibility index (Phi) is 2.73. The Bertz CT molecular complexity index is 376. The second kappa shape index (κ2) is 4.03. The summed E-state index contributed by atoms with van der Waals surface area (Å²) in [4.78, 5) is 13.8. The molecule has 0 saturated carbocycles. The number of nitrogens with zero attached hydrogens (tertiary/aromatic N) is 1. The molecular formula is C12H16N2O. The maximum absolute atomic E-state index is 11.9. The molecule has 0 aliphatic carbocycles. The van der Waals surface area contributed by atoms with Gasteiger partial charge in [0.1, 0.15) is 0 Å². The van der Waals surface area contributed by atoms with Crippen molar-refractivity contribution < 1.29 is 4.79 Å². The van der Waals surface area contributed by atoms with Gasteiger partial charge in [0.15, 0.2) is 0 Å². The van der Waals surface area contributed by atoms with E-state index >= 15 is 0 Å². The highest BCUT2D eigenvalue weighted by molar-refractivity contribution is 5.97. The number of rotatable bonds is 2. The molecule has 2 rings (SSSR count). The van der Waals surface area contributed by atoms with E-state index < -0.39 is 0 Å². The minimum atomic E-state index is 0.0182. The average molecular weight is 204 g/mol. The quantitative estimate of drug-likeness (QED) is 0.789. The lowest BCUT2D eigenvalue weighted by Crippen LogP contribution is -2.30. The van der Waals surface area contributed by atoms with Gasteiger partial charge >= 0.3 is 0 Å². The molecule has 0 radical (unpaired) electrons. The van der Waals surface area contributed by atoms with Crippen molar-refractivity contribution in [3.05, 3.63) is 29.8 Å². The fourth-order valence-electron chi connectivity index (χ4n) is 2.06. The molecule has 80 valence electrons. The smallest absolute Gasteiger partial charge is 0.231 e. The van der Waals surface area contributed by atoms with E-state index in [0.29, 0.717) is 6.54 Å². The predicted molar refractivity (Wildman–Crippen MR) is 60.7 cm³/mol. The second-order valence-corrected chi connectivity index (χ2v) is 4.00. The fraction of sp³-hybridized carbons (Fsp3) is 0.417. The number of hydrogen-bond acceptors (Lipinski definition) is 2. The molecule has 1 fully saturated rings. The molecule has 3 heteroatoms. The van der Waals surface area contributed by atoms with Gasteiger partial charge in [-0.1, -0.05) is 18.2 Å². The first-order chi connectivity index (χ1) is 7.24. The van der Waals surface area contributed by atoms with Crippen molar-refractivity contribution in [1.29, 1.82) is 0 Å². The van der Waals surface area contributed by atoms with Crippen LogP contribution in [-0.2, 0) is 4.79 Å². The summed E-state index contributed by atoms with van der Waals surface area (Å²) in [6.07, 6.45) is 0.879. The Hall–Kier alpha value is -1.35. The summed E-state index contributed by atoms with van der Waals surface area (Å²) in [5.41, 5.74) is 7.72. The third-order valence-corrected chi connectivity index (χ3v) is 3.01. The van der Waals surface area contributed by atoms with Crippen molar-refractivity contribution in [2.24, 2.45) is 11.7 Å². The molecule has 1 saturated heterocycles. The molecule has 1 atom stereocenters. The van der Waals surface area contributed by atoms with Crippen LogP contribution in [0.1, 0.15) is 12.0 Å². The first kappa shape index (κ1) is 10.2. The monoisotopic (exact) mass is 204 g/mol. The van der Waals surface area contributed by atoms with Crippen molar-refractivity contribution in [1.82, 2.24) is 0 Å². The van der Waals surface area contributed by atoms with Crippen molar-refractivity contribution in [3.63, 3.8) is 0 Å². The highest BCUT2D eigenvalue weighted by atomic mass is 16.2. The van der Waals surface area contributed by atoms with Gasteiger partial charge in [0.25, 0.3) is 0 Å². The molecule has 0 spiro atoms. The van der Waals surface area contributed by atoms with Crippen molar-refractivity contribution in [2.75, 3.05) is 18.0 Å². The molecule has 1 aromatic rings. The summed E-state index contributed by atoms with van der Waals surface area (Å²) < 4.78 is 0. The summed E-state index contributed by atoms with van der Waals surface area (Å²) in [5.74, 6) is 0.191. The van der Waals surface area contributed by atoms with Crippen LogP contribution in [0.5, 0.6) is 0 Å². The Balaban J connectivity index is 2.27. The molecule has 1 aromatic carbocycles. The summed E-state index contributed by atoms with van der Waals surface area (Å²) in [7, 11) is 0. The largest absolute Gasteiger partial charge is 0.330 e. The first-order valence-corrected chi connectivity index (χ1v) is 5.31. The minimum Gasteiger partial charge on any atom is -0.330 e. The molecule has 0 bridgehead atoms. The normalized spacial score (nSPS) is 21.1. The molecule has 1 aliphatic rings.